The highest BCUT2D eigenvalue weighted by Crippen LogP contribution is 2.44. The van der Waals surface area contributed by atoms with Crippen molar-refractivity contribution in [3.8, 4) is 11.8 Å². The van der Waals surface area contributed by atoms with Gasteiger partial charge in [0.15, 0.2) is 0 Å². The topological polar surface area (TPSA) is 85.7 Å². The summed E-state index contributed by atoms with van der Waals surface area (Å²) in [4.78, 5) is 29.4. The van der Waals surface area contributed by atoms with Crippen LogP contribution in [0.4, 0.5) is 10.5 Å². The lowest BCUT2D eigenvalue weighted by molar-refractivity contribution is 0.0585. The third-order valence-electron chi connectivity index (χ3n) is 5.83. The first-order chi connectivity index (χ1) is 15.0. The van der Waals surface area contributed by atoms with Crippen LogP contribution >= 0.6 is 11.8 Å². The van der Waals surface area contributed by atoms with E-state index in [1.807, 2.05) is 16.7 Å². The Kier molecular flexibility index (Phi) is 6.05. The van der Waals surface area contributed by atoms with Crippen molar-refractivity contribution in [3.63, 3.8) is 0 Å². The van der Waals surface area contributed by atoms with Crippen LogP contribution in [0.25, 0.3) is 0 Å². The van der Waals surface area contributed by atoms with Gasteiger partial charge in [0.1, 0.15) is 5.75 Å². The third kappa shape index (κ3) is 4.32. The van der Waals surface area contributed by atoms with Crippen LogP contribution in [0.2, 0.25) is 0 Å². The molecular weight excluding hydrogens is 412 g/mol. The Labute approximate surface area is 186 Å². The van der Waals surface area contributed by atoms with E-state index in [-0.39, 0.29) is 16.8 Å². The summed E-state index contributed by atoms with van der Waals surface area (Å²) in [6, 6.07) is 16.0. The maximum absolute atomic E-state index is 13.2. The maximum atomic E-state index is 13.2. The highest BCUT2D eigenvalue weighted by molar-refractivity contribution is 8.00. The van der Waals surface area contributed by atoms with Gasteiger partial charge in [-0.25, -0.2) is 4.79 Å². The van der Waals surface area contributed by atoms with Crippen molar-refractivity contribution in [2.45, 2.75) is 17.7 Å². The maximum Gasteiger partial charge on any atom is 0.321 e. The minimum atomic E-state index is -0.269. The fourth-order valence-electron chi connectivity index (χ4n) is 4.13. The molecule has 31 heavy (non-hydrogen) atoms. The summed E-state index contributed by atoms with van der Waals surface area (Å²) in [7, 11) is 1.60. The smallest absolute Gasteiger partial charge is 0.321 e. The Hall–Kier alpha value is -3.18. The zero-order chi connectivity index (χ0) is 21.8. The minimum Gasteiger partial charge on any atom is -0.497 e. The van der Waals surface area contributed by atoms with Crippen molar-refractivity contribution in [1.82, 2.24) is 9.80 Å². The number of hydrogen-bond donors (Lipinski definition) is 1. The number of urea groups is 1. The van der Waals surface area contributed by atoms with E-state index >= 15 is 0 Å². The number of thioether (sulfide) groups is 1. The van der Waals surface area contributed by atoms with Crippen LogP contribution in [-0.2, 0) is 0 Å². The average molecular weight is 437 g/mol. The van der Waals surface area contributed by atoms with Crippen LogP contribution in [0.5, 0.6) is 5.75 Å². The first kappa shape index (κ1) is 21.1. The molecule has 2 heterocycles. The summed E-state index contributed by atoms with van der Waals surface area (Å²) in [6.07, 6.45) is 1.45. The number of amides is 3. The minimum absolute atomic E-state index is 0.0267. The Morgan fingerprint density at radius 3 is 2.55 bits per heavy atom. The van der Waals surface area contributed by atoms with Gasteiger partial charge in [-0.2, -0.15) is 5.26 Å². The van der Waals surface area contributed by atoms with Gasteiger partial charge in [-0.1, -0.05) is 6.07 Å². The lowest BCUT2D eigenvalue weighted by Gasteiger charge is -2.44. The van der Waals surface area contributed by atoms with Crippen molar-refractivity contribution in [2.75, 3.05) is 37.8 Å². The number of rotatable bonds is 3. The lowest BCUT2D eigenvalue weighted by atomic mass is 10.0. The fourth-order valence-corrected chi connectivity index (χ4v) is 5.58. The van der Waals surface area contributed by atoms with Crippen LogP contribution < -0.4 is 10.1 Å². The first-order valence-electron chi connectivity index (χ1n) is 10.2. The first-order valence-corrected chi connectivity index (χ1v) is 11.2. The van der Waals surface area contributed by atoms with Crippen LogP contribution in [0, 0.1) is 11.3 Å². The van der Waals surface area contributed by atoms with Gasteiger partial charge < -0.3 is 19.9 Å². The van der Waals surface area contributed by atoms with E-state index in [1.54, 1.807) is 60.5 Å². The Morgan fingerprint density at radius 1 is 1.13 bits per heavy atom. The molecule has 0 aromatic heterocycles. The number of carbonyl (C=O) groups is 2. The number of nitriles is 1. The molecule has 0 bridgehead atoms. The molecule has 8 heteroatoms. The molecule has 0 atom stereocenters. The van der Waals surface area contributed by atoms with Crippen LogP contribution in [-0.4, -0.2) is 59.1 Å². The molecule has 3 amide bonds. The molecule has 7 nitrogen and oxygen atoms in total. The van der Waals surface area contributed by atoms with Crippen LogP contribution in [0.3, 0.4) is 0 Å². The summed E-state index contributed by atoms with van der Waals surface area (Å²) in [6.45, 7) is 1.86. The Morgan fingerprint density at radius 2 is 1.87 bits per heavy atom. The number of likely N-dealkylation sites (tertiary alicyclic amines) is 1. The Balaban J connectivity index is 1.40. The molecular formula is C23H24N4O3S. The second-order valence-electron chi connectivity index (χ2n) is 7.59. The number of hydrogen-bond acceptors (Lipinski definition) is 5. The molecule has 0 radical (unpaired) electrons. The molecule has 2 fully saturated rings. The van der Waals surface area contributed by atoms with Crippen molar-refractivity contribution >= 4 is 29.4 Å². The third-order valence-corrected chi connectivity index (χ3v) is 7.39. The van der Waals surface area contributed by atoms with E-state index < -0.39 is 0 Å². The number of ether oxygens (including phenoxy) is 1. The number of benzene rings is 2. The van der Waals surface area contributed by atoms with E-state index in [2.05, 4.69) is 11.4 Å². The summed E-state index contributed by atoms with van der Waals surface area (Å²) >= 11 is 1.81. The number of anilines is 1. The predicted octanol–water partition coefficient (Wildman–Crippen LogP) is 3.78. The zero-order valence-electron chi connectivity index (χ0n) is 17.3. The number of carbonyl (C=O) groups excluding carboxylic acids is 2. The van der Waals surface area contributed by atoms with Gasteiger partial charge in [0.05, 0.1) is 23.6 Å². The van der Waals surface area contributed by atoms with E-state index in [0.29, 0.717) is 36.4 Å². The predicted molar refractivity (Wildman–Crippen MR) is 120 cm³/mol. The van der Waals surface area contributed by atoms with E-state index in [1.165, 1.54) is 0 Å². The normalized spacial score (nSPS) is 17.3. The van der Waals surface area contributed by atoms with Crippen molar-refractivity contribution in [2.24, 2.45) is 0 Å². The summed E-state index contributed by atoms with van der Waals surface area (Å²) in [5.74, 6) is 1.65. The van der Waals surface area contributed by atoms with Crippen molar-refractivity contribution in [1.29, 1.82) is 5.26 Å². The second-order valence-corrected chi connectivity index (χ2v) is 9.05. The van der Waals surface area contributed by atoms with Gasteiger partial charge in [0.25, 0.3) is 5.91 Å². The summed E-state index contributed by atoms with van der Waals surface area (Å²) in [5, 5.41) is 11.9. The molecule has 160 valence electrons. The van der Waals surface area contributed by atoms with Crippen molar-refractivity contribution in [3.05, 3.63) is 59.7 Å². The van der Waals surface area contributed by atoms with Gasteiger partial charge in [-0.3, -0.25) is 4.79 Å². The van der Waals surface area contributed by atoms with Crippen LogP contribution in [0.1, 0.15) is 28.8 Å². The van der Waals surface area contributed by atoms with E-state index in [0.717, 1.165) is 24.3 Å². The molecule has 2 aliphatic rings. The van der Waals surface area contributed by atoms with Gasteiger partial charge >= 0.3 is 6.03 Å². The number of piperidine rings is 1. The fraction of sp³-hybridized carbons (Fsp3) is 0.348. The largest absolute Gasteiger partial charge is 0.497 e. The van der Waals surface area contributed by atoms with Gasteiger partial charge in [-0.05, 0) is 55.3 Å². The van der Waals surface area contributed by atoms with Gasteiger partial charge in [0.2, 0.25) is 0 Å². The number of nitrogens with one attached hydrogen (secondary N) is 1. The number of nitrogens with zero attached hydrogens (tertiary/aromatic N) is 3. The quantitative estimate of drug-likeness (QED) is 0.791. The molecule has 4 rings (SSSR count). The lowest BCUT2D eigenvalue weighted by Crippen LogP contribution is -2.54. The highest BCUT2D eigenvalue weighted by atomic mass is 32.2. The molecule has 1 N–H and O–H groups in total. The van der Waals surface area contributed by atoms with E-state index in [9.17, 15) is 9.59 Å². The molecule has 2 saturated heterocycles. The molecule has 0 unspecified atom stereocenters. The van der Waals surface area contributed by atoms with Gasteiger partial charge in [-0.15, -0.1) is 11.8 Å². The number of methoxy groups -OCH3 is 1. The molecule has 2 aromatic carbocycles. The summed E-state index contributed by atoms with van der Waals surface area (Å²) < 4.78 is 5.19. The molecule has 2 aliphatic heterocycles. The van der Waals surface area contributed by atoms with Crippen molar-refractivity contribution < 1.29 is 14.3 Å². The SMILES string of the molecule is COc1ccc(C(=O)N2CCSC23CCN(C(=O)Nc2cccc(C#N)c2)CC3)cc1. The highest BCUT2D eigenvalue weighted by Gasteiger charge is 2.47. The standard InChI is InChI=1S/C23H24N4O3S/c1-30-20-7-5-18(6-8-20)21(28)27-13-14-31-23(27)9-11-26(12-10-23)22(29)25-19-4-2-3-17(15-19)16-24/h2-8,15H,9-14H2,1H3,(H,25,29). The van der Waals surface area contributed by atoms with E-state index in [4.69, 9.17) is 10.00 Å². The summed E-state index contributed by atoms with van der Waals surface area (Å²) in [5.41, 5.74) is 1.77. The van der Waals surface area contributed by atoms with Crippen LogP contribution in [0.15, 0.2) is 48.5 Å². The second kappa shape index (κ2) is 8.90. The molecule has 0 aliphatic carbocycles. The molecule has 2 aromatic rings. The average Bonchev–Trinajstić information content (AvgIpc) is 3.22. The zero-order valence-corrected chi connectivity index (χ0v) is 18.2. The molecule has 1 spiro atoms. The Bertz CT molecular complexity index is 1010. The monoisotopic (exact) mass is 436 g/mol. The van der Waals surface area contributed by atoms with Gasteiger partial charge in [0, 0.05) is 36.6 Å². The molecule has 0 saturated carbocycles.